The average Bonchev–Trinajstić information content (AvgIpc) is 3.16. The Morgan fingerprint density at radius 1 is 1.26 bits per heavy atom. The van der Waals surface area contributed by atoms with Gasteiger partial charge in [0, 0.05) is 11.1 Å². The van der Waals surface area contributed by atoms with Crippen molar-refractivity contribution in [1.29, 1.82) is 0 Å². The highest BCUT2D eigenvalue weighted by Gasteiger charge is 2.31. The van der Waals surface area contributed by atoms with Gasteiger partial charge in [0.1, 0.15) is 17.5 Å². The molecule has 0 radical (unpaired) electrons. The predicted octanol–water partition coefficient (Wildman–Crippen LogP) is 2.24. The third-order valence-corrected chi connectivity index (χ3v) is 4.41. The second-order valence-corrected chi connectivity index (χ2v) is 6.32. The number of carbonyl (C=O) groups excluding carboxylic acids is 1. The van der Waals surface area contributed by atoms with E-state index in [-0.39, 0.29) is 17.7 Å². The number of amides is 1. The minimum absolute atomic E-state index is 0.0281. The molecule has 2 aromatic rings. The molecule has 3 rings (SSSR count). The van der Waals surface area contributed by atoms with Crippen LogP contribution >= 0.6 is 0 Å². The van der Waals surface area contributed by atoms with Crippen molar-refractivity contribution in [2.75, 3.05) is 6.61 Å². The Kier molecular flexibility index (Phi) is 6.05. The van der Waals surface area contributed by atoms with E-state index in [1.807, 2.05) is 37.3 Å². The van der Waals surface area contributed by atoms with Gasteiger partial charge in [0.2, 0.25) is 0 Å². The lowest BCUT2D eigenvalue weighted by Crippen LogP contribution is -2.41. The smallest absolute Gasteiger partial charge is 0.258 e. The minimum atomic E-state index is -0.412. The quantitative estimate of drug-likeness (QED) is 0.463. The summed E-state index contributed by atoms with van der Waals surface area (Å²) in [6, 6.07) is 14.1. The van der Waals surface area contributed by atoms with Crippen molar-refractivity contribution in [2.45, 2.75) is 32.4 Å². The van der Waals surface area contributed by atoms with Crippen LogP contribution in [0.1, 0.15) is 37.4 Å². The fourth-order valence-electron chi connectivity index (χ4n) is 3.00. The monoisotopic (exact) mass is 368 g/mol. The molecule has 0 bridgehead atoms. The summed E-state index contributed by atoms with van der Waals surface area (Å²) in [7, 11) is 0. The molecule has 0 aromatic heterocycles. The van der Waals surface area contributed by atoms with Crippen molar-refractivity contribution < 1.29 is 14.6 Å². The van der Waals surface area contributed by atoms with Crippen LogP contribution in [0, 0.1) is 0 Å². The molecular weight excluding hydrogens is 344 g/mol. The number of phenolic OH excluding ortho intramolecular Hbond substituents is 1. The molecule has 0 aliphatic carbocycles. The van der Waals surface area contributed by atoms with Crippen molar-refractivity contribution in [3.05, 3.63) is 59.7 Å². The molecule has 1 amide bonds. The van der Waals surface area contributed by atoms with Crippen LogP contribution in [-0.4, -0.2) is 29.4 Å². The highest BCUT2D eigenvalue weighted by atomic mass is 16.5. The molecule has 0 spiro atoms. The van der Waals surface area contributed by atoms with E-state index in [9.17, 15) is 9.90 Å². The lowest BCUT2D eigenvalue weighted by atomic mass is 10.0. The van der Waals surface area contributed by atoms with Gasteiger partial charge >= 0.3 is 0 Å². The molecule has 1 fully saturated rings. The maximum atomic E-state index is 12.4. The third kappa shape index (κ3) is 4.64. The second kappa shape index (κ2) is 8.66. The van der Waals surface area contributed by atoms with E-state index in [0.717, 1.165) is 16.9 Å². The molecule has 2 unspecified atom stereocenters. The van der Waals surface area contributed by atoms with Gasteiger partial charge in [-0.2, -0.15) is 5.10 Å². The first-order valence-electron chi connectivity index (χ1n) is 8.94. The normalized spacial score (nSPS) is 19.7. The zero-order valence-electron chi connectivity index (χ0n) is 15.4. The number of aromatic hydroxyl groups is 1. The lowest BCUT2D eigenvalue weighted by molar-refractivity contribution is -0.122. The van der Waals surface area contributed by atoms with E-state index < -0.39 is 6.04 Å². The average molecular weight is 368 g/mol. The summed E-state index contributed by atoms with van der Waals surface area (Å²) in [4.78, 5) is 12.4. The first kappa shape index (κ1) is 18.9. The third-order valence-electron chi connectivity index (χ3n) is 4.41. The molecule has 142 valence electrons. The van der Waals surface area contributed by atoms with Crippen LogP contribution in [0.3, 0.4) is 0 Å². The summed E-state index contributed by atoms with van der Waals surface area (Å²) in [5.74, 6) is 0.752. The van der Waals surface area contributed by atoms with Crippen molar-refractivity contribution >= 4 is 11.6 Å². The van der Waals surface area contributed by atoms with Crippen molar-refractivity contribution in [2.24, 2.45) is 5.10 Å². The number of para-hydroxylation sites is 1. The molecule has 1 saturated heterocycles. The van der Waals surface area contributed by atoms with E-state index in [2.05, 4.69) is 21.4 Å². The van der Waals surface area contributed by atoms with E-state index in [0.29, 0.717) is 18.7 Å². The number of hydrogen-bond acceptors (Lipinski definition) is 6. The van der Waals surface area contributed by atoms with Crippen LogP contribution in [-0.2, 0) is 4.79 Å². The second-order valence-electron chi connectivity index (χ2n) is 6.32. The molecule has 1 heterocycles. The SMILES string of the molecule is CCOc1ccccc1C1CC(C(=O)N/N=C(/C)c2cccc(O)c2)NN1. The largest absolute Gasteiger partial charge is 0.508 e. The van der Waals surface area contributed by atoms with E-state index in [1.54, 1.807) is 25.1 Å². The molecule has 2 atom stereocenters. The summed E-state index contributed by atoms with van der Waals surface area (Å²) < 4.78 is 5.67. The first-order valence-corrected chi connectivity index (χ1v) is 8.94. The summed E-state index contributed by atoms with van der Waals surface area (Å²) in [6.07, 6.45) is 0.580. The number of nitrogens with zero attached hydrogens (tertiary/aromatic N) is 1. The molecule has 7 heteroatoms. The lowest BCUT2D eigenvalue weighted by Gasteiger charge is -2.15. The van der Waals surface area contributed by atoms with Gasteiger partial charge in [-0.25, -0.2) is 16.3 Å². The molecule has 27 heavy (non-hydrogen) atoms. The van der Waals surface area contributed by atoms with Crippen LogP contribution in [0.4, 0.5) is 0 Å². The van der Waals surface area contributed by atoms with Crippen molar-refractivity contribution in [3.8, 4) is 11.5 Å². The maximum absolute atomic E-state index is 12.4. The van der Waals surface area contributed by atoms with Gasteiger partial charge in [0.25, 0.3) is 5.91 Å². The number of nitrogens with one attached hydrogen (secondary N) is 3. The number of hydrogen-bond donors (Lipinski definition) is 4. The molecule has 0 saturated carbocycles. The summed E-state index contributed by atoms with van der Waals surface area (Å²) in [6.45, 7) is 4.31. The Labute approximate surface area is 158 Å². The molecule has 7 nitrogen and oxygen atoms in total. The fraction of sp³-hybridized carbons (Fsp3) is 0.300. The maximum Gasteiger partial charge on any atom is 0.258 e. The van der Waals surface area contributed by atoms with Crippen LogP contribution in [0.2, 0.25) is 0 Å². The Hall–Kier alpha value is -2.90. The van der Waals surface area contributed by atoms with Crippen LogP contribution in [0.15, 0.2) is 53.6 Å². The van der Waals surface area contributed by atoms with Crippen molar-refractivity contribution in [3.63, 3.8) is 0 Å². The summed E-state index contributed by atoms with van der Waals surface area (Å²) in [5, 5.41) is 13.7. The fourth-order valence-corrected chi connectivity index (χ4v) is 3.00. The number of rotatable bonds is 6. The van der Waals surface area contributed by atoms with Gasteiger partial charge in [0.15, 0.2) is 0 Å². The summed E-state index contributed by atoms with van der Waals surface area (Å²) >= 11 is 0. The van der Waals surface area contributed by atoms with Crippen LogP contribution in [0.25, 0.3) is 0 Å². The van der Waals surface area contributed by atoms with E-state index >= 15 is 0 Å². The summed E-state index contributed by atoms with van der Waals surface area (Å²) in [5.41, 5.74) is 11.1. The van der Waals surface area contributed by atoms with Gasteiger partial charge in [-0.1, -0.05) is 30.3 Å². The number of phenols is 1. The van der Waals surface area contributed by atoms with Crippen LogP contribution in [0.5, 0.6) is 11.5 Å². The Morgan fingerprint density at radius 2 is 2.07 bits per heavy atom. The molecule has 2 aromatic carbocycles. The molecular formula is C20H24N4O3. The van der Waals surface area contributed by atoms with Gasteiger partial charge in [0.05, 0.1) is 18.4 Å². The molecule has 4 N–H and O–H groups in total. The van der Waals surface area contributed by atoms with Gasteiger partial charge in [-0.15, -0.1) is 0 Å². The van der Waals surface area contributed by atoms with Gasteiger partial charge in [-0.3, -0.25) is 4.79 Å². The Bertz CT molecular complexity index is 837. The number of hydrazone groups is 1. The highest BCUT2D eigenvalue weighted by molar-refractivity contribution is 5.99. The van der Waals surface area contributed by atoms with E-state index in [4.69, 9.17) is 4.74 Å². The zero-order valence-corrected chi connectivity index (χ0v) is 15.4. The zero-order chi connectivity index (χ0) is 19.2. The Morgan fingerprint density at radius 3 is 2.85 bits per heavy atom. The number of benzene rings is 2. The number of ether oxygens (including phenoxy) is 1. The van der Waals surface area contributed by atoms with Crippen molar-refractivity contribution in [1.82, 2.24) is 16.3 Å². The molecule has 1 aliphatic heterocycles. The van der Waals surface area contributed by atoms with Gasteiger partial charge in [-0.05, 0) is 38.5 Å². The molecule has 1 aliphatic rings. The first-order chi connectivity index (χ1) is 13.1. The van der Waals surface area contributed by atoms with E-state index in [1.165, 1.54) is 0 Å². The standard InChI is InChI=1S/C20H24N4O3/c1-3-27-19-10-5-4-9-16(19)17-12-18(23-22-17)20(26)24-21-13(2)14-7-6-8-15(25)11-14/h4-11,17-18,22-23,25H,3,12H2,1-2H3,(H,24,26)/b21-13-. The van der Waals surface area contributed by atoms with Crippen LogP contribution < -0.4 is 21.0 Å². The number of carbonyl (C=O) groups is 1. The minimum Gasteiger partial charge on any atom is -0.508 e. The van der Waals surface area contributed by atoms with Gasteiger partial charge < -0.3 is 9.84 Å². The number of hydrazine groups is 1. The highest BCUT2D eigenvalue weighted by Crippen LogP contribution is 2.30. The predicted molar refractivity (Wildman–Crippen MR) is 103 cm³/mol. The Balaban J connectivity index is 1.62. The topological polar surface area (TPSA) is 95.0 Å².